The maximum Gasteiger partial charge on any atom is 0.242 e. The second-order valence-corrected chi connectivity index (χ2v) is 7.50. The van der Waals surface area contributed by atoms with Crippen LogP contribution in [-0.4, -0.2) is 28.1 Å². The lowest BCUT2D eigenvalue weighted by Gasteiger charge is -2.32. The van der Waals surface area contributed by atoms with Gasteiger partial charge in [-0.15, -0.1) is 0 Å². The highest BCUT2D eigenvalue weighted by molar-refractivity contribution is 6.15. The Morgan fingerprint density at radius 2 is 2.00 bits per heavy atom. The van der Waals surface area contributed by atoms with E-state index in [2.05, 4.69) is 10.4 Å². The number of aryl methyl sites for hydroxylation is 1. The van der Waals surface area contributed by atoms with Gasteiger partial charge in [-0.3, -0.25) is 9.59 Å². The fourth-order valence-electron chi connectivity index (χ4n) is 4.52. The van der Waals surface area contributed by atoms with E-state index in [0.29, 0.717) is 23.6 Å². The maximum atomic E-state index is 13.8. The molecule has 0 bridgehead atoms. The highest BCUT2D eigenvalue weighted by Gasteiger charge is 2.56. The molecule has 0 saturated carbocycles. The predicted molar refractivity (Wildman–Crippen MR) is 107 cm³/mol. The van der Waals surface area contributed by atoms with Crippen molar-refractivity contribution in [3.8, 4) is 5.69 Å². The monoisotopic (exact) mass is 390 g/mol. The Kier molecular flexibility index (Phi) is 3.65. The molecule has 3 heterocycles. The van der Waals surface area contributed by atoms with Crippen molar-refractivity contribution in [2.45, 2.75) is 25.7 Å². The quantitative estimate of drug-likeness (QED) is 0.730. The number of fused-ring (bicyclic) bond motifs is 4. The number of rotatable bonds is 2. The van der Waals surface area contributed by atoms with Gasteiger partial charge in [0.15, 0.2) is 0 Å². The number of nitrogens with one attached hydrogen (secondary N) is 1. The molecule has 7 heteroatoms. The minimum Gasteiger partial charge on any atom is -0.311 e. The summed E-state index contributed by atoms with van der Waals surface area (Å²) in [5.41, 5.74) is 2.64. The van der Waals surface area contributed by atoms with Gasteiger partial charge in [-0.25, -0.2) is 9.07 Å². The number of carbonyl (C=O) groups is 2. The molecular formula is C22H19FN4O2. The maximum absolute atomic E-state index is 13.8. The van der Waals surface area contributed by atoms with Crippen molar-refractivity contribution in [2.75, 3.05) is 16.8 Å². The van der Waals surface area contributed by atoms with E-state index >= 15 is 0 Å². The van der Waals surface area contributed by atoms with Gasteiger partial charge in [0.2, 0.25) is 11.8 Å². The second-order valence-electron chi connectivity index (χ2n) is 7.50. The molecule has 0 unspecified atom stereocenters. The smallest absolute Gasteiger partial charge is 0.242 e. The van der Waals surface area contributed by atoms with Crippen LogP contribution in [0.2, 0.25) is 0 Å². The Balaban J connectivity index is 1.79. The molecule has 5 rings (SSSR count). The van der Waals surface area contributed by atoms with Crippen molar-refractivity contribution in [1.29, 1.82) is 0 Å². The molecule has 6 nitrogen and oxygen atoms in total. The van der Waals surface area contributed by atoms with Gasteiger partial charge in [0.1, 0.15) is 17.1 Å². The first kappa shape index (κ1) is 17.6. The third kappa shape index (κ3) is 2.30. The SMILES string of the molecule is CCN1C(=O)[C@]2(CC(=O)Nc3c2cnn3-c2cccc(F)c2)c2cc(C)ccc21. The highest BCUT2D eigenvalue weighted by Crippen LogP contribution is 2.52. The zero-order valence-electron chi connectivity index (χ0n) is 16.1. The number of nitrogens with zero attached hydrogens (tertiary/aromatic N) is 3. The van der Waals surface area contributed by atoms with Gasteiger partial charge in [-0.2, -0.15) is 5.10 Å². The third-order valence-electron chi connectivity index (χ3n) is 5.79. The van der Waals surface area contributed by atoms with E-state index in [1.807, 2.05) is 32.0 Å². The fourth-order valence-corrected chi connectivity index (χ4v) is 4.52. The van der Waals surface area contributed by atoms with E-state index in [9.17, 15) is 14.0 Å². The summed E-state index contributed by atoms with van der Waals surface area (Å²) >= 11 is 0. The Labute approximate surface area is 166 Å². The van der Waals surface area contributed by atoms with E-state index in [0.717, 1.165) is 16.8 Å². The first-order valence-corrected chi connectivity index (χ1v) is 9.53. The summed E-state index contributed by atoms with van der Waals surface area (Å²) in [5.74, 6) is -0.394. The van der Waals surface area contributed by atoms with E-state index in [1.54, 1.807) is 23.2 Å². The van der Waals surface area contributed by atoms with E-state index in [1.165, 1.54) is 16.8 Å². The normalized spacial score (nSPS) is 20.0. The van der Waals surface area contributed by atoms with Crippen molar-refractivity contribution in [3.05, 3.63) is 71.2 Å². The zero-order valence-corrected chi connectivity index (χ0v) is 16.1. The van der Waals surface area contributed by atoms with E-state index < -0.39 is 11.2 Å². The highest BCUT2D eigenvalue weighted by atomic mass is 19.1. The van der Waals surface area contributed by atoms with Gasteiger partial charge >= 0.3 is 0 Å². The first-order valence-electron chi connectivity index (χ1n) is 9.53. The summed E-state index contributed by atoms with van der Waals surface area (Å²) in [4.78, 5) is 28.1. The van der Waals surface area contributed by atoms with Crippen LogP contribution in [0, 0.1) is 12.7 Å². The molecule has 0 aliphatic carbocycles. The average Bonchev–Trinajstić information content (AvgIpc) is 3.21. The van der Waals surface area contributed by atoms with Crippen LogP contribution in [-0.2, 0) is 15.0 Å². The van der Waals surface area contributed by atoms with Gasteiger partial charge in [-0.1, -0.05) is 23.8 Å². The molecule has 146 valence electrons. The predicted octanol–water partition coefficient (Wildman–Crippen LogP) is 3.31. The third-order valence-corrected chi connectivity index (χ3v) is 5.79. The van der Waals surface area contributed by atoms with Gasteiger partial charge in [0, 0.05) is 24.2 Å². The molecule has 1 spiro atoms. The number of halogens is 1. The summed E-state index contributed by atoms with van der Waals surface area (Å²) in [6.45, 7) is 4.39. The number of anilines is 2. The Morgan fingerprint density at radius 1 is 1.17 bits per heavy atom. The molecule has 2 aromatic carbocycles. The largest absolute Gasteiger partial charge is 0.311 e. The Hall–Kier alpha value is -3.48. The molecule has 0 radical (unpaired) electrons. The molecule has 2 aliphatic heterocycles. The van der Waals surface area contributed by atoms with Crippen molar-refractivity contribution >= 4 is 23.3 Å². The van der Waals surface area contributed by atoms with Crippen LogP contribution in [0.3, 0.4) is 0 Å². The minimum atomic E-state index is -1.12. The lowest BCUT2D eigenvalue weighted by molar-refractivity contribution is -0.126. The van der Waals surface area contributed by atoms with Crippen molar-refractivity contribution in [1.82, 2.24) is 9.78 Å². The molecule has 0 saturated heterocycles. The lowest BCUT2D eigenvalue weighted by atomic mass is 9.71. The van der Waals surface area contributed by atoms with E-state index in [-0.39, 0.29) is 18.2 Å². The zero-order chi connectivity index (χ0) is 20.3. The molecule has 1 aromatic heterocycles. The molecule has 2 amide bonds. The van der Waals surface area contributed by atoms with Gasteiger partial charge in [0.05, 0.1) is 11.9 Å². The lowest BCUT2D eigenvalue weighted by Crippen LogP contribution is -2.46. The number of benzene rings is 2. The van der Waals surface area contributed by atoms with Gasteiger partial charge in [-0.05, 0) is 43.7 Å². The number of hydrogen-bond donors (Lipinski definition) is 1. The fraction of sp³-hybridized carbons (Fsp3) is 0.227. The molecule has 29 heavy (non-hydrogen) atoms. The van der Waals surface area contributed by atoms with Crippen LogP contribution in [0.1, 0.15) is 30.0 Å². The van der Waals surface area contributed by atoms with Gasteiger partial charge in [0.25, 0.3) is 0 Å². The van der Waals surface area contributed by atoms with Crippen molar-refractivity contribution in [2.24, 2.45) is 0 Å². The van der Waals surface area contributed by atoms with Crippen LogP contribution < -0.4 is 10.2 Å². The van der Waals surface area contributed by atoms with Gasteiger partial charge < -0.3 is 10.2 Å². The summed E-state index contributed by atoms with van der Waals surface area (Å²) < 4.78 is 15.3. The number of likely N-dealkylation sites (N-methyl/N-ethyl adjacent to an activating group) is 1. The topological polar surface area (TPSA) is 67.2 Å². The van der Waals surface area contributed by atoms with E-state index in [4.69, 9.17) is 0 Å². The minimum absolute atomic E-state index is 0.0145. The van der Waals surface area contributed by atoms with Crippen molar-refractivity contribution in [3.63, 3.8) is 0 Å². The number of carbonyl (C=O) groups excluding carboxylic acids is 2. The molecule has 3 aromatic rings. The summed E-state index contributed by atoms with van der Waals surface area (Å²) in [6.07, 6.45) is 1.63. The van der Waals surface area contributed by atoms with Crippen LogP contribution >= 0.6 is 0 Å². The standard InChI is InChI=1S/C22H19FN4O2/c1-3-26-18-8-7-13(2)9-16(18)22(21(26)29)11-19(28)25-20-17(22)12-24-27(20)15-6-4-5-14(23)10-15/h4-10,12H,3,11H2,1-2H3,(H,25,28)/t22-/m1/s1. The van der Waals surface area contributed by atoms with Crippen LogP contribution in [0.4, 0.5) is 15.9 Å². The van der Waals surface area contributed by atoms with Crippen LogP contribution in [0.5, 0.6) is 0 Å². The summed E-state index contributed by atoms with van der Waals surface area (Å²) in [7, 11) is 0. The average molecular weight is 390 g/mol. The van der Waals surface area contributed by atoms with Crippen LogP contribution in [0.25, 0.3) is 5.69 Å². The second kappa shape index (κ2) is 6.01. The molecule has 1 N–H and O–H groups in total. The summed E-state index contributed by atoms with van der Waals surface area (Å²) in [5, 5.41) is 7.25. The molecular weight excluding hydrogens is 371 g/mol. The molecule has 2 aliphatic rings. The molecule has 1 atom stereocenters. The Morgan fingerprint density at radius 3 is 2.76 bits per heavy atom. The number of amides is 2. The summed E-state index contributed by atoms with van der Waals surface area (Å²) in [6, 6.07) is 11.8. The molecule has 0 fully saturated rings. The first-order chi connectivity index (χ1) is 14.0. The van der Waals surface area contributed by atoms with Crippen molar-refractivity contribution < 1.29 is 14.0 Å². The Bertz CT molecular complexity index is 1190. The number of aromatic nitrogens is 2. The van der Waals surface area contributed by atoms with Crippen LogP contribution in [0.15, 0.2) is 48.7 Å². The number of hydrogen-bond acceptors (Lipinski definition) is 3.